The summed E-state index contributed by atoms with van der Waals surface area (Å²) in [5.74, 6) is 0.638. The van der Waals surface area contributed by atoms with Crippen molar-refractivity contribution in [2.24, 2.45) is 0 Å². The number of anilines is 1. The zero-order valence-electron chi connectivity index (χ0n) is 11.2. The molecule has 0 aliphatic rings. The molecule has 1 aromatic rings. The lowest BCUT2D eigenvalue weighted by molar-refractivity contribution is -0.385. The summed E-state index contributed by atoms with van der Waals surface area (Å²) in [6.45, 7) is 2.03. The first-order valence-corrected chi connectivity index (χ1v) is 7.43. The summed E-state index contributed by atoms with van der Waals surface area (Å²) >= 11 is 0. The quantitative estimate of drug-likeness (QED) is 0.561. The van der Waals surface area contributed by atoms with E-state index in [0.717, 1.165) is 12.3 Å². The molecule has 0 bridgehead atoms. The molecule has 1 atom stereocenters. The van der Waals surface area contributed by atoms with Crippen LogP contribution in [0.5, 0.6) is 0 Å². The van der Waals surface area contributed by atoms with Crippen LogP contribution in [0.2, 0.25) is 0 Å². The maximum Gasteiger partial charge on any atom is 0.288 e. The highest BCUT2D eigenvalue weighted by Crippen LogP contribution is 2.18. The van der Waals surface area contributed by atoms with E-state index in [4.69, 9.17) is 0 Å². The van der Waals surface area contributed by atoms with Crippen LogP contribution in [0.15, 0.2) is 12.3 Å². The van der Waals surface area contributed by atoms with E-state index in [0.29, 0.717) is 11.5 Å². The molecule has 1 unspecified atom stereocenters. The summed E-state index contributed by atoms with van der Waals surface area (Å²) in [5, 5.41) is 16.0. The lowest BCUT2D eigenvalue weighted by atomic mass is 10.2. The Balaban J connectivity index is 2.82. The van der Waals surface area contributed by atoms with Crippen molar-refractivity contribution in [3.63, 3.8) is 0 Å². The lowest BCUT2D eigenvalue weighted by Gasteiger charge is -2.08. The van der Waals surface area contributed by atoms with Gasteiger partial charge in [-0.2, -0.15) is 0 Å². The number of pyridine rings is 1. The van der Waals surface area contributed by atoms with Crippen LogP contribution < -0.4 is 10.6 Å². The van der Waals surface area contributed by atoms with E-state index in [1.807, 2.05) is 0 Å². The molecule has 0 aliphatic carbocycles. The highest BCUT2D eigenvalue weighted by atomic mass is 32.2. The van der Waals surface area contributed by atoms with Gasteiger partial charge in [0.2, 0.25) is 0 Å². The van der Waals surface area contributed by atoms with Gasteiger partial charge in [-0.25, -0.2) is 4.98 Å². The Kier molecular flexibility index (Phi) is 6.04. The minimum absolute atomic E-state index is 0.0870. The van der Waals surface area contributed by atoms with Crippen molar-refractivity contribution in [3.8, 4) is 0 Å². The summed E-state index contributed by atoms with van der Waals surface area (Å²) in [5.41, 5.74) is -0.171. The second kappa shape index (κ2) is 7.53. The lowest BCUT2D eigenvalue weighted by Crippen LogP contribution is -2.28. The third-order valence-corrected chi connectivity index (χ3v) is 3.81. The minimum Gasteiger partial charge on any atom is -0.372 e. The fraction of sp³-hybridized carbons (Fsp3) is 0.455. The molecule has 0 radical (unpaired) electrons. The monoisotopic (exact) mass is 300 g/mol. The van der Waals surface area contributed by atoms with Crippen LogP contribution in [0.1, 0.15) is 17.3 Å². The molecule has 8 nitrogen and oxygen atoms in total. The van der Waals surface area contributed by atoms with Gasteiger partial charge in [0.05, 0.1) is 10.5 Å². The predicted octanol–water partition coefficient (Wildman–Crippen LogP) is 0.530. The van der Waals surface area contributed by atoms with Crippen LogP contribution in [0.25, 0.3) is 0 Å². The topological polar surface area (TPSA) is 114 Å². The molecule has 0 saturated heterocycles. The second-order valence-corrected chi connectivity index (χ2v) is 5.65. The van der Waals surface area contributed by atoms with E-state index in [1.54, 1.807) is 14.0 Å². The minimum atomic E-state index is -0.973. The summed E-state index contributed by atoms with van der Waals surface area (Å²) in [4.78, 5) is 25.9. The van der Waals surface area contributed by atoms with Crippen molar-refractivity contribution in [1.82, 2.24) is 10.3 Å². The Morgan fingerprint density at radius 1 is 1.55 bits per heavy atom. The van der Waals surface area contributed by atoms with Crippen molar-refractivity contribution >= 4 is 28.2 Å². The molecule has 0 fully saturated rings. The van der Waals surface area contributed by atoms with Gasteiger partial charge in [0.15, 0.2) is 0 Å². The zero-order valence-corrected chi connectivity index (χ0v) is 12.0. The number of carbonyl (C=O) groups excluding carboxylic acids is 1. The van der Waals surface area contributed by atoms with Gasteiger partial charge >= 0.3 is 0 Å². The molecule has 1 heterocycles. The van der Waals surface area contributed by atoms with Crippen molar-refractivity contribution < 1.29 is 13.9 Å². The van der Waals surface area contributed by atoms with E-state index in [2.05, 4.69) is 15.6 Å². The van der Waals surface area contributed by atoms with Crippen molar-refractivity contribution in [2.75, 3.05) is 30.4 Å². The Morgan fingerprint density at radius 2 is 2.25 bits per heavy atom. The number of hydrogen-bond acceptors (Lipinski definition) is 6. The van der Waals surface area contributed by atoms with E-state index < -0.39 is 21.6 Å². The zero-order chi connectivity index (χ0) is 15.1. The Hall–Kier alpha value is -2.03. The van der Waals surface area contributed by atoms with Gasteiger partial charge in [-0.05, 0) is 0 Å². The summed E-state index contributed by atoms with van der Waals surface area (Å²) in [6, 6.07) is 1.16. The summed E-state index contributed by atoms with van der Waals surface area (Å²) in [7, 11) is 0.594. The van der Waals surface area contributed by atoms with Crippen LogP contribution in [0, 0.1) is 10.1 Å². The SMILES string of the molecule is CCS(=O)CCNC(=O)c1cc([N+](=O)[O-])cnc1NC. The first-order chi connectivity index (χ1) is 9.49. The Morgan fingerprint density at radius 3 is 2.80 bits per heavy atom. The second-order valence-electron chi connectivity index (χ2n) is 3.79. The van der Waals surface area contributed by atoms with Gasteiger partial charge in [0.25, 0.3) is 11.6 Å². The van der Waals surface area contributed by atoms with Crippen molar-refractivity contribution in [1.29, 1.82) is 0 Å². The first-order valence-electron chi connectivity index (χ1n) is 5.95. The van der Waals surface area contributed by atoms with Crippen LogP contribution >= 0.6 is 0 Å². The molecular weight excluding hydrogens is 284 g/mol. The third kappa shape index (κ3) is 4.26. The average Bonchev–Trinajstić information content (AvgIpc) is 2.45. The molecule has 9 heteroatoms. The standard InChI is InChI=1S/C11H16N4O4S/c1-3-20(19)5-4-13-11(16)9-6-8(15(17)18)7-14-10(9)12-2/h6-7H,3-5H2,1-2H3,(H,12,14)(H,13,16). The molecule has 110 valence electrons. The highest BCUT2D eigenvalue weighted by molar-refractivity contribution is 7.84. The Labute approximate surface area is 118 Å². The van der Waals surface area contributed by atoms with Gasteiger partial charge < -0.3 is 10.6 Å². The first kappa shape index (κ1) is 16.0. The van der Waals surface area contributed by atoms with Crippen LogP contribution in [0.4, 0.5) is 11.5 Å². The van der Waals surface area contributed by atoms with E-state index >= 15 is 0 Å². The number of rotatable bonds is 7. The highest BCUT2D eigenvalue weighted by Gasteiger charge is 2.17. The molecule has 1 rings (SSSR count). The molecule has 20 heavy (non-hydrogen) atoms. The number of nitrogens with one attached hydrogen (secondary N) is 2. The van der Waals surface area contributed by atoms with E-state index in [1.165, 1.54) is 0 Å². The molecule has 2 N–H and O–H groups in total. The fourth-order valence-corrected chi connectivity index (χ4v) is 2.06. The molecular formula is C11H16N4O4S. The number of nitro groups is 1. The molecule has 0 aliphatic heterocycles. The Bertz CT molecular complexity index is 535. The largest absolute Gasteiger partial charge is 0.372 e. The number of aromatic nitrogens is 1. The normalized spacial score (nSPS) is 11.7. The van der Waals surface area contributed by atoms with Crippen LogP contribution in [0.3, 0.4) is 0 Å². The van der Waals surface area contributed by atoms with Gasteiger partial charge in [0, 0.05) is 42.0 Å². The van der Waals surface area contributed by atoms with Crippen molar-refractivity contribution in [3.05, 3.63) is 27.9 Å². The maximum atomic E-state index is 12.0. The fourth-order valence-electron chi connectivity index (χ4n) is 1.44. The number of amides is 1. The number of nitrogens with zero attached hydrogens (tertiary/aromatic N) is 2. The van der Waals surface area contributed by atoms with Gasteiger partial charge in [0.1, 0.15) is 12.0 Å². The van der Waals surface area contributed by atoms with E-state index in [9.17, 15) is 19.1 Å². The maximum absolute atomic E-state index is 12.0. The van der Waals surface area contributed by atoms with Gasteiger partial charge in [-0.1, -0.05) is 6.92 Å². The van der Waals surface area contributed by atoms with Crippen molar-refractivity contribution in [2.45, 2.75) is 6.92 Å². The number of carbonyl (C=O) groups is 1. The molecule has 1 aromatic heterocycles. The molecule has 0 aromatic carbocycles. The third-order valence-electron chi connectivity index (χ3n) is 2.50. The molecule has 0 spiro atoms. The average molecular weight is 300 g/mol. The number of hydrogen-bond donors (Lipinski definition) is 2. The summed E-state index contributed by atoms with van der Waals surface area (Å²) in [6.07, 6.45) is 1.08. The van der Waals surface area contributed by atoms with Gasteiger partial charge in [-0.15, -0.1) is 0 Å². The van der Waals surface area contributed by atoms with E-state index in [-0.39, 0.29) is 23.6 Å². The summed E-state index contributed by atoms with van der Waals surface area (Å²) < 4.78 is 11.2. The molecule has 0 saturated carbocycles. The van der Waals surface area contributed by atoms with Gasteiger partial charge in [-0.3, -0.25) is 19.1 Å². The van der Waals surface area contributed by atoms with Crippen LogP contribution in [-0.2, 0) is 10.8 Å². The smallest absolute Gasteiger partial charge is 0.288 e. The van der Waals surface area contributed by atoms with Crippen LogP contribution in [-0.4, -0.2) is 45.1 Å². The molecule has 1 amide bonds. The predicted molar refractivity (Wildman–Crippen MR) is 76.3 cm³/mol.